The van der Waals surface area contributed by atoms with Crippen LogP contribution in [-0.4, -0.2) is 0 Å². The zero-order valence-electron chi connectivity index (χ0n) is 50.5. The molecule has 6 aliphatic carbocycles. The molecule has 422 valence electrons. The summed E-state index contributed by atoms with van der Waals surface area (Å²) in [7, 11) is 0. The molecule has 2 heterocycles. The number of aryl methyl sites for hydroxylation is 1. The van der Waals surface area contributed by atoms with Crippen molar-refractivity contribution >= 4 is 60.9 Å². The number of rotatable bonds is 3. The number of benzene rings is 13. The first kappa shape index (κ1) is 49.3. The van der Waals surface area contributed by atoms with E-state index in [2.05, 4.69) is 294 Å². The van der Waals surface area contributed by atoms with Crippen LogP contribution in [0.3, 0.4) is 0 Å². The standard InChI is InChI=1S/C87H57NO2/c1-48-22-6-19-35-72(48)88(49-39-41-57-68(44-49)85(4,5)82-80(57)83-79(59-29-13-21-37-74(59)90-83)78-56-27-11-14-30-62(56)84(2,3)81(78)82)50-38-40-55-60-46-71-61(47-70(60)87(69(55)45-50)65-33-17-9-25-53(65)54-26-10-18-34-66(54)87)76-67(42-43-75-77(76)58-28-12-20-36-73(58)89-75)86(71)63-31-15-7-23-51(63)52-24-8-16-32-64(52)86/h6-47H,1-5H3. The number of hydrogen-bond acceptors (Lipinski definition) is 3. The number of hydrogen-bond donors (Lipinski definition) is 0. The molecule has 0 N–H and O–H groups in total. The lowest BCUT2D eigenvalue weighted by atomic mass is 9.68. The molecule has 0 unspecified atom stereocenters. The van der Waals surface area contributed by atoms with Crippen molar-refractivity contribution in [3.63, 3.8) is 0 Å². The van der Waals surface area contributed by atoms with Gasteiger partial charge in [-0.05, 0) is 201 Å². The first-order valence-electron chi connectivity index (χ1n) is 31.9. The highest BCUT2D eigenvalue weighted by atomic mass is 16.3. The Morgan fingerprint density at radius 3 is 1.38 bits per heavy atom. The monoisotopic (exact) mass is 1150 g/mol. The predicted molar refractivity (Wildman–Crippen MR) is 368 cm³/mol. The third kappa shape index (κ3) is 5.56. The second kappa shape index (κ2) is 16.5. The maximum atomic E-state index is 7.17. The number of nitrogens with zero attached hydrogens (tertiary/aromatic N) is 1. The Hall–Kier alpha value is -10.7. The maximum Gasteiger partial charge on any atom is 0.144 e. The quantitative estimate of drug-likeness (QED) is 0.177. The minimum absolute atomic E-state index is 0.247. The van der Waals surface area contributed by atoms with E-state index in [0.717, 1.165) is 44.8 Å². The molecule has 2 spiro atoms. The average molecular weight is 1150 g/mol. The average Bonchev–Trinajstić information content (AvgIpc) is 1.50. The lowest BCUT2D eigenvalue weighted by Crippen LogP contribution is -2.27. The highest BCUT2D eigenvalue weighted by Gasteiger charge is 2.57. The van der Waals surface area contributed by atoms with Gasteiger partial charge in [0.25, 0.3) is 0 Å². The molecule has 90 heavy (non-hydrogen) atoms. The van der Waals surface area contributed by atoms with E-state index in [9.17, 15) is 0 Å². The minimum atomic E-state index is -0.668. The second-order valence-electron chi connectivity index (χ2n) is 27.3. The summed E-state index contributed by atoms with van der Waals surface area (Å²) in [5, 5.41) is 4.71. The van der Waals surface area contributed by atoms with E-state index >= 15 is 0 Å². The minimum Gasteiger partial charge on any atom is -0.456 e. The van der Waals surface area contributed by atoms with Crippen molar-refractivity contribution in [3.05, 3.63) is 327 Å². The number of fused-ring (bicyclic) bond motifs is 36. The molecule has 0 atom stereocenters. The van der Waals surface area contributed by atoms with Crippen LogP contribution in [0.1, 0.15) is 100 Å². The molecule has 3 nitrogen and oxygen atoms in total. The third-order valence-corrected chi connectivity index (χ3v) is 22.5. The van der Waals surface area contributed by atoms with E-state index in [1.165, 1.54) is 155 Å². The number of furan rings is 2. The molecular formula is C87H57NO2. The molecule has 2 aromatic heterocycles. The molecule has 15 aromatic rings. The Bertz CT molecular complexity index is 5750. The van der Waals surface area contributed by atoms with Gasteiger partial charge in [0.05, 0.1) is 10.8 Å². The van der Waals surface area contributed by atoms with Gasteiger partial charge < -0.3 is 13.7 Å². The van der Waals surface area contributed by atoms with E-state index in [1.54, 1.807) is 0 Å². The normalized spacial score (nSPS) is 15.7. The lowest BCUT2D eigenvalue weighted by molar-refractivity contribution is 0.600. The van der Waals surface area contributed by atoms with Crippen molar-refractivity contribution in [3.8, 4) is 66.8 Å². The van der Waals surface area contributed by atoms with Crippen molar-refractivity contribution in [2.45, 2.75) is 56.3 Å². The summed E-state index contributed by atoms with van der Waals surface area (Å²) < 4.78 is 14.0. The van der Waals surface area contributed by atoms with Crippen LogP contribution in [0.4, 0.5) is 17.1 Å². The van der Waals surface area contributed by atoms with E-state index in [-0.39, 0.29) is 10.8 Å². The van der Waals surface area contributed by atoms with Crippen LogP contribution in [0.25, 0.3) is 111 Å². The van der Waals surface area contributed by atoms with Crippen LogP contribution in [0, 0.1) is 6.92 Å². The van der Waals surface area contributed by atoms with E-state index in [1.807, 2.05) is 0 Å². The van der Waals surface area contributed by atoms with Crippen LogP contribution in [0.15, 0.2) is 264 Å². The van der Waals surface area contributed by atoms with Gasteiger partial charge in [0, 0.05) is 55.0 Å². The van der Waals surface area contributed by atoms with E-state index in [0.29, 0.717) is 0 Å². The third-order valence-electron chi connectivity index (χ3n) is 22.5. The van der Waals surface area contributed by atoms with Crippen molar-refractivity contribution in [1.82, 2.24) is 0 Å². The largest absolute Gasteiger partial charge is 0.456 e. The molecule has 0 aliphatic heterocycles. The van der Waals surface area contributed by atoms with Crippen LogP contribution in [0.2, 0.25) is 0 Å². The Labute approximate surface area is 521 Å². The highest BCUT2D eigenvalue weighted by Crippen LogP contribution is 2.70. The summed E-state index contributed by atoms with van der Waals surface area (Å²) in [4.78, 5) is 2.55. The fourth-order valence-corrected chi connectivity index (χ4v) is 19.1. The van der Waals surface area contributed by atoms with E-state index < -0.39 is 10.8 Å². The Kier molecular flexibility index (Phi) is 9.03. The molecule has 21 rings (SSSR count). The SMILES string of the molecule is Cc1ccccc1N(c1ccc2c(c1)C(C)(C)c1c3c(c4c(oc5ccccc54)c1-2)-c1ccccc1C3(C)C)c1ccc2c(c1)C1(c3ccccc3-c3ccccc31)c1cc3c(cc1-2)C1(c2ccccc2-c2ccccc21)c1ccc2oc4ccccc4c2c1-3. The Morgan fingerprint density at radius 2 is 0.733 bits per heavy atom. The summed E-state index contributed by atoms with van der Waals surface area (Å²) in [6.07, 6.45) is 0. The number of para-hydroxylation sites is 3. The van der Waals surface area contributed by atoms with Crippen molar-refractivity contribution in [2.75, 3.05) is 4.90 Å². The Morgan fingerprint density at radius 1 is 0.289 bits per heavy atom. The lowest BCUT2D eigenvalue weighted by Gasteiger charge is -2.33. The summed E-state index contributed by atoms with van der Waals surface area (Å²) in [5.74, 6) is 0. The number of anilines is 3. The van der Waals surface area contributed by atoms with Gasteiger partial charge in [0.2, 0.25) is 0 Å². The van der Waals surface area contributed by atoms with Crippen LogP contribution >= 0.6 is 0 Å². The fraction of sp³-hybridized carbons (Fsp3) is 0.103. The van der Waals surface area contributed by atoms with Gasteiger partial charge in [0.1, 0.15) is 22.3 Å². The molecule has 0 fully saturated rings. The Balaban J connectivity index is 0.834. The molecule has 0 radical (unpaired) electrons. The van der Waals surface area contributed by atoms with Gasteiger partial charge >= 0.3 is 0 Å². The molecule has 0 amide bonds. The summed E-state index contributed by atoms with van der Waals surface area (Å²) in [5.41, 5.74) is 37.7. The molecular weight excluding hydrogens is 1090 g/mol. The van der Waals surface area contributed by atoms with Gasteiger partial charge in [0.15, 0.2) is 0 Å². The maximum absolute atomic E-state index is 7.17. The van der Waals surface area contributed by atoms with Crippen molar-refractivity contribution in [1.29, 1.82) is 0 Å². The molecule has 0 saturated carbocycles. The van der Waals surface area contributed by atoms with Gasteiger partial charge in [-0.2, -0.15) is 0 Å². The van der Waals surface area contributed by atoms with Gasteiger partial charge in [-0.3, -0.25) is 0 Å². The van der Waals surface area contributed by atoms with Crippen molar-refractivity contribution in [2.24, 2.45) is 0 Å². The smallest absolute Gasteiger partial charge is 0.144 e. The summed E-state index contributed by atoms with van der Waals surface area (Å²) in [6.45, 7) is 12.1. The van der Waals surface area contributed by atoms with Crippen LogP contribution < -0.4 is 4.90 Å². The molecule has 0 bridgehead atoms. The zero-order chi connectivity index (χ0) is 59.5. The zero-order valence-corrected chi connectivity index (χ0v) is 50.5. The van der Waals surface area contributed by atoms with Crippen LogP contribution in [-0.2, 0) is 21.7 Å². The van der Waals surface area contributed by atoms with Crippen molar-refractivity contribution < 1.29 is 8.83 Å². The molecule has 3 heteroatoms. The first-order valence-corrected chi connectivity index (χ1v) is 31.9. The van der Waals surface area contributed by atoms with Gasteiger partial charge in [-0.25, -0.2) is 0 Å². The molecule has 6 aliphatic rings. The predicted octanol–water partition coefficient (Wildman–Crippen LogP) is 22.6. The highest BCUT2D eigenvalue weighted by molar-refractivity contribution is 6.21. The van der Waals surface area contributed by atoms with E-state index in [4.69, 9.17) is 8.83 Å². The summed E-state index contributed by atoms with van der Waals surface area (Å²) >= 11 is 0. The van der Waals surface area contributed by atoms with Gasteiger partial charge in [-0.15, -0.1) is 0 Å². The fourth-order valence-electron chi connectivity index (χ4n) is 19.1. The first-order chi connectivity index (χ1) is 44.1. The molecule has 13 aromatic carbocycles. The second-order valence-corrected chi connectivity index (χ2v) is 27.3. The van der Waals surface area contributed by atoms with Gasteiger partial charge in [-0.1, -0.05) is 222 Å². The van der Waals surface area contributed by atoms with Crippen LogP contribution in [0.5, 0.6) is 0 Å². The topological polar surface area (TPSA) is 29.5 Å². The molecule has 0 saturated heterocycles. The summed E-state index contributed by atoms with van der Waals surface area (Å²) in [6, 6.07) is 96.9.